The number of carbonyl (C=O) groups is 2. The van der Waals surface area contributed by atoms with Crippen molar-refractivity contribution in [1.29, 1.82) is 0 Å². The van der Waals surface area contributed by atoms with Crippen LogP contribution in [0.4, 0.5) is 9.18 Å². The minimum absolute atomic E-state index is 0.159. The van der Waals surface area contributed by atoms with Gasteiger partial charge in [0.15, 0.2) is 0 Å². The molecule has 0 aliphatic rings. The molecule has 0 aliphatic carbocycles. The van der Waals surface area contributed by atoms with E-state index in [-0.39, 0.29) is 23.4 Å². The second-order valence-electron chi connectivity index (χ2n) is 3.73. The molecule has 98 valence electrons. The Labute approximate surface area is 109 Å². The van der Waals surface area contributed by atoms with Gasteiger partial charge in [0.1, 0.15) is 5.82 Å². The van der Waals surface area contributed by atoms with Crippen LogP contribution in [0.3, 0.4) is 0 Å². The third-order valence-electron chi connectivity index (χ3n) is 2.30. The lowest BCUT2D eigenvalue weighted by Gasteiger charge is -2.11. The molecule has 0 spiro atoms. The first-order valence-electron chi connectivity index (χ1n) is 5.45. The average Bonchev–Trinajstić information content (AvgIpc) is 2.28. The second kappa shape index (κ2) is 7.00. The zero-order valence-electron chi connectivity index (χ0n) is 9.98. The molecule has 3 amide bonds. The third-order valence-corrected chi connectivity index (χ3v) is 3.51. The van der Waals surface area contributed by atoms with E-state index >= 15 is 0 Å². The minimum Gasteiger partial charge on any atom is -0.351 e. The molecule has 0 saturated heterocycles. The number of benzene rings is 1. The highest BCUT2D eigenvalue weighted by atomic mass is 32.2. The van der Waals surface area contributed by atoms with Crippen molar-refractivity contribution in [2.75, 3.05) is 5.75 Å². The van der Waals surface area contributed by atoms with Crippen molar-refractivity contribution in [2.24, 2.45) is 5.73 Å². The number of nitrogens with one attached hydrogen (secondary N) is 1. The fourth-order valence-corrected chi connectivity index (χ4v) is 2.36. The molecule has 1 rings (SSSR count). The molecule has 4 nitrogen and oxygen atoms in total. The van der Waals surface area contributed by atoms with Crippen LogP contribution in [0.25, 0.3) is 0 Å². The van der Waals surface area contributed by atoms with Gasteiger partial charge in [-0.2, -0.15) is 11.8 Å². The van der Waals surface area contributed by atoms with Crippen LogP contribution >= 0.6 is 11.8 Å². The van der Waals surface area contributed by atoms with Crippen molar-refractivity contribution in [2.45, 2.75) is 18.6 Å². The Kier molecular flexibility index (Phi) is 5.64. The van der Waals surface area contributed by atoms with Crippen molar-refractivity contribution in [3.05, 3.63) is 35.6 Å². The molecule has 1 unspecified atom stereocenters. The molecule has 0 bridgehead atoms. The summed E-state index contributed by atoms with van der Waals surface area (Å²) < 4.78 is 12.7. The standard InChI is InChI=1S/C12H15FN2O2S/c1-8(9-2-4-10(13)5-3-9)18-7-6-11(16)15-12(14)17/h2-5,8H,6-7H2,1H3,(H3,14,15,16,17). The normalized spacial score (nSPS) is 11.9. The van der Waals surface area contributed by atoms with E-state index in [1.807, 2.05) is 12.2 Å². The Morgan fingerprint density at radius 1 is 1.39 bits per heavy atom. The summed E-state index contributed by atoms with van der Waals surface area (Å²) in [6, 6.07) is 5.42. The van der Waals surface area contributed by atoms with Crippen LogP contribution in [0.5, 0.6) is 0 Å². The summed E-state index contributed by atoms with van der Waals surface area (Å²) in [5, 5.41) is 2.16. The first-order valence-corrected chi connectivity index (χ1v) is 6.50. The Balaban J connectivity index is 2.33. The third kappa shape index (κ3) is 5.18. The number of hydrogen-bond donors (Lipinski definition) is 2. The van der Waals surface area contributed by atoms with Crippen LogP contribution in [0.1, 0.15) is 24.2 Å². The SMILES string of the molecule is CC(SCCC(=O)NC(N)=O)c1ccc(F)cc1. The van der Waals surface area contributed by atoms with Gasteiger partial charge < -0.3 is 5.73 Å². The first kappa shape index (κ1) is 14.5. The quantitative estimate of drug-likeness (QED) is 0.861. The number of thioether (sulfide) groups is 1. The van der Waals surface area contributed by atoms with E-state index in [0.29, 0.717) is 5.75 Å². The van der Waals surface area contributed by atoms with Gasteiger partial charge in [0, 0.05) is 17.4 Å². The number of nitrogens with two attached hydrogens (primary N) is 1. The van der Waals surface area contributed by atoms with Gasteiger partial charge in [-0.1, -0.05) is 12.1 Å². The number of carbonyl (C=O) groups excluding carboxylic acids is 2. The van der Waals surface area contributed by atoms with Gasteiger partial charge in [-0.15, -0.1) is 0 Å². The fraction of sp³-hybridized carbons (Fsp3) is 0.333. The summed E-state index contributed by atoms with van der Waals surface area (Å²) in [4.78, 5) is 21.5. The summed E-state index contributed by atoms with van der Waals surface area (Å²) in [6.07, 6.45) is 0.221. The van der Waals surface area contributed by atoms with Gasteiger partial charge in [0.25, 0.3) is 0 Å². The Morgan fingerprint density at radius 3 is 2.56 bits per heavy atom. The van der Waals surface area contributed by atoms with E-state index < -0.39 is 6.03 Å². The zero-order valence-corrected chi connectivity index (χ0v) is 10.8. The van der Waals surface area contributed by atoms with Gasteiger partial charge in [0.05, 0.1) is 0 Å². The summed E-state index contributed by atoms with van der Waals surface area (Å²) >= 11 is 1.56. The summed E-state index contributed by atoms with van der Waals surface area (Å²) in [5.74, 6) is -0.0874. The van der Waals surface area contributed by atoms with Crippen molar-refractivity contribution in [3.63, 3.8) is 0 Å². The molecular weight excluding hydrogens is 255 g/mol. The largest absolute Gasteiger partial charge is 0.351 e. The van der Waals surface area contributed by atoms with E-state index in [4.69, 9.17) is 5.73 Å². The van der Waals surface area contributed by atoms with E-state index in [1.54, 1.807) is 23.9 Å². The molecule has 18 heavy (non-hydrogen) atoms. The molecule has 0 aromatic heterocycles. The average molecular weight is 270 g/mol. The number of amides is 3. The topological polar surface area (TPSA) is 72.2 Å². The van der Waals surface area contributed by atoms with Crippen molar-refractivity contribution in [3.8, 4) is 0 Å². The first-order chi connectivity index (χ1) is 8.49. The van der Waals surface area contributed by atoms with Gasteiger partial charge in [-0.3, -0.25) is 10.1 Å². The molecule has 0 aliphatic heterocycles. The van der Waals surface area contributed by atoms with E-state index in [0.717, 1.165) is 5.56 Å². The molecule has 1 aromatic rings. The van der Waals surface area contributed by atoms with E-state index in [1.165, 1.54) is 12.1 Å². The lowest BCUT2D eigenvalue weighted by molar-refractivity contribution is -0.119. The highest BCUT2D eigenvalue weighted by Crippen LogP contribution is 2.28. The lowest BCUT2D eigenvalue weighted by atomic mass is 10.2. The van der Waals surface area contributed by atoms with E-state index in [9.17, 15) is 14.0 Å². The van der Waals surface area contributed by atoms with Gasteiger partial charge in [-0.05, 0) is 24.6 Å². The predicted octanol–water partition coefficient (Wildman–Crippen LogP) is 2.20. The molecule has 0 heterocycles. The second-order valence-corrected chi connectivity index (χ2v) is 5.18. The van der Waals surface area contributed by atoms with Crippen molar-refractivity contribution < 1.29 is 14.0 Å². The summed E-state index contributed by atoms with van der Waals surface area (Å²) in [5.41, 5.74) is 5.81. The van der Waals surface area contributed by atoms with Crippen molar-refractivity contribution >= 4 is 23.7 Å². The van der Waals surface area contributed by atoms with Gasteiger partial charge in [-0.25, -0.2) is 9.18 Å². The highest BCUT2D eigenvalue weighted by molar-refractivity contribution is 7.99. The number of imide groups is 1. The Hall–Kier alpha value is -1.56. The van der Waals surface area contributed by atoms with Gasteiger partial charge in [0.2, 0.25) is 5.91 Å². The number of hydrogen-bond acceptors (Lipinski definition) is 3. The fourth-order valence-electron chi connectivity index (χ4n) is 1.36. The number of rotatable bonds is 5. The summed E-state index contributed by atoms with van der Waals surface area (Å²) in [7, 11) is 0. The predicted molar refractivity (Wildman–Crippen MR) is 69.6 cm³/mol. The van der Waals surface area contributed by atoms with Crippen LogP contribution in [0, 0.1) is 5.82 Å². The highest BCUT2D eigenvalue weighted by Gasteiger charge is 2.08. The van der Waals surface area contributed by atoms with Gasteiger partial charge >= 0.3 is 6.03 Å². The Morgan fingerprint density at radius 2 is 2.00 bits per heavy atom. The molecule has 6 heteroatoms. The maximum Gasteiger partial charge on any atom is 0.318 e. The lowest BCUT2D eigenvalue weighted by Crippen LogP contribution is -2.35. The number of halogens is 1. The maximum atomic E-state index is 12.7. The molecule has 1 aromatic carbocycles. The van der Waals surface area contributed by atoms with Crippen molar-refractivity contribution in [1.82, 2.24) is 5.32 Å². The van der Waals surface area contributed by atoms with Crippen LogP contribution < -0.4 is 11.1 Å². The molecule has 0 radical (unpaired) electrons. The Bertz CT molecular complexity index is 423. The number of urea groups is 1. The smallest absolute Gasteiger partial charge is 0.318 e. The van der Waals surface area contributed by atoms with Crippen LogP contribution in [0.2, 0.25) is 0 Å². The zero-order chi connectivity index (χ0) is 13.5. The number of primary amides is 1. The molecular formula is C12H15FN2O2S. The van der Waals surface area contributed by atoms with Crippen LogP contribution in [0.15, 0.2) is 24.3 Å². The minimum atomic E-state index is -0.836. The van der Waals surface area contributed by atoms with Crippen LogP contribution in [-0.4, -0.2) is 17.7 Å². The maximum absolute atomic E-state index is 12.7. The molecule has 0 saturated carbocycles. The molecule has 0 fully saturated rings. The monoisotopic (exact) mass is 270 g/mol. The summed E-state index contributed by atoms with van der Waals surface area (Å²) in [6.45, 7) is 1.98. The molecule has 3 N–H and O–H groups in total. The van der Waals surface area contributed by atoms with E-state index in [2.05, 4.69) is 0 Å². The van der Waals surface area contributed by atoms with Crippen LogP contribution in [-0.2, 0) is 4.79 Å². The molecule has 1 atom stereocenters.